The van der Waals surface area contributed by atoms with Gasteiger partial charge in [0.1, 0.15) is 0 Å². The second-order valence-electron chi connectivity index (χ2n) is 7.71. The van der Waals surface area contributed by atoms with E-state index < -0.39 is 0 Å². The molecule has 28 heavy (non-hydrogen) atoms. The number of nitrogens with one attached hydrogen (secondary N) is 1. The molecule has 0 aliphatic carbocycles. The lowest BCUT2D eigenvalue weighted by Crippen LogP contribution is -2.29. The van der Waals surface area contributed by atoms with Crippen LogP contribution in [0.3, 0.4) is 0 Å². The summed E-state index contributed by atoms with van der Waals surface area (Å²) in [5.41, 5.74) is 2.93. The summed E-state index contributed by atoms with van der Waals surface area (Å²) in [6, 6.07) is 8.06. The van der Waals surface area contributed by atoms with E-state index in [1.165, 1.54) is 44.9 Å². The van der Waals surface area contributed by atoms with Gasteiger partial charge in [-0.1, -0.05) is 51.2 Å². The van der Waals surface area contributed by atoms with Crippen molar-refractivity contribution in [2.75, 3.05) is 23.3 Å². The van der Waals surface area contributed by atoms with Gasteiger partial charge in [-0.2, -0.15) is 0 Å². The Balaban J connectivity index is 1.51. The fourth-order valence-corrected chi connectivity index (χ4v) is 4.56. The Morgan fingerprint density at radius 2 is 1.89 bits per heavy atom. The molecule has 1 amide bonds. The van der Waals surface area contributed by atoms with Gasteiger partial charge in [0.25, 0.3) is 0 Å². The van der Waals surface area contributed by atoms with Gasteiger partial charge in [0, 0.05) is 36.1 Å². The topological polar surface area (TPSA) is 45.2 Å². The number of unbranched alkanes of at least 4 members (excludes halogenated alkanes) is 5. The first-order valence-electron chi connectivity index (χ1n) is 10.9. The third-order valence-corrected chi connectivity index (χ3v) is 6.22. The SMILES string of the molecule is CCCCCCCCC(=O)Nc1cccc(-c2csc(N3CCCCC3)n2)c1. The number of nitrogens with zero attached hydrogens (tertiary/aromatic N) is 2. The number of hydrogen-bond acceptors (Lipinski definition) is 4. The summed E-state index contributed by atoms with van der Waals surface area (Å²) in [6.45, 7) is 4.45. The molecule has 1 aromatic heterocycles. The van der Waals surface area contributed by atoms with Gasteiger partial charge in [-0.05, 0) is 37.8 Å². The van der Waals surface area contributed by atoms with Crippen molar-refractivity contribution < 1.29 is 4.79 Å². The van der Waals surface area contributed by atoms with Gasteiger partial charge in [0.2, 0.25) is 5.91 Å². The normalized spacial score (nSPS) is 14.2. The molecule has 3 rings (SSSR count). The molecular formula is C23H33N3OS. The Morgan fingerprint density at radius 3 is 2.71 bits per heavy atom. The predicted molar refractivity (Wildman–Crippen MR) is 120 cm³/mol. The van der Waals surface area contributed by atoms with E-state index in [1.807, 2.05) is 18.2 Å². The number of thiazole rings is 1. The highest BCUT2D eigenvalue weighted by Gasteiger charge is 2.15. The number of piperidine rings is 1. The predicted octanol–water partition coefficient (Wildman–Crippen LogP) is 6.49. The van der Waals surface area contributed by atoms with Crippen LogP contribution >= 0.6 is 11.3 Å². The number of benzene rings is 1. The van der Waals surface area contributed by atoms with Crippen molar-refractivity contribution in [1.29, 1.82) is 0 Å². The molecular weight excluding hydrogens is 366 g/mol. The summed E-state index contributed by atoms with van der Waals surface area (Å²) in [4.78, 5) is 19.5. The van der Waals surface area contributed by atoms with E-state index in [-0.39, 0.29) is 5.91 Å². The summed E-state index contributed by atoms with van der Waals surface area (Å²) < 4.78 is 0. The minimum Gasteiger partial charge on any atom is -0.348 e. The van der Waals surface area contributed by atoms with Gasteiger partial charge < -0.3 is 10.2 Å². The molecule has 2 heterocycles. The van der Waals surface area contributed by atoms with Crippen molar-refractivity contribution in [2.24, 2.45) is 0 Å². The molecule has 2 aromatic rings. The van der Waals surface area contributed by atoms with Crippen molar-refractivity contribution in [2.45, 2.75) is 71.1 Å². The molecule has 5 heteroatoms. The quantitative estimate of drug-likeness (QED) is 0.464. The average molecular weight is 400 g/mol. The highest BCUT2D eigenvalue weighted by Crippen LogP contribution is 2.30. The second-order valence-corrected chi connectivity index (χ2v) is 8.55. The minimum absolute atomic E-state index is 0.111. The Kier molecular flexibility index (Phi) is 8.34. The number of amides is 1. The summed E-state index contributed by atoms with van der Waals surface area (Å²) in [5, 5.41) is 6.29. The second kappa shape index (κ2) is 11.2. The molecule has 1 N–H and O–H groups in total. The van der Waals surface area contributed by atoms with Gasteiger partial charge in [-0.3, -0.25) is 4.79 Å². The first-order valence-corrected chi connectivity index (χ1v) is 11.7. The molecule has 0 radical (unpaired) electrons. The van der Waals surface area contributed by atoms with Crippen molar-refractivity contribution in [3.63, 3.8) is 0 Å². The maximum Gasteiger partial charge on any atom is 0.224 e. The van der Waals surface area contributed by atoms with Crippen LogP contribution in [0.25, 0.3) is 11.3 Å². The standard InChI is InChI=1S/C23H33N3OS/c1-2-3-4-5-6-8-14-22(27)24-20-13-11-12-19(17-20)21-18-28-23(25-21)26-15-9-7-10-16-26/h11-13,17-18H,2-10,14-16H2,1H3,(H,24,27). The van der Waals surface area contributed by atoms with Gasteiger partial charge in [-0.15, -0.1) is 11.3 Å². The Labute approximate surface area is 173 Å². The summed E-state index contributed by atoms with van der Waals surface area (Å²) in [6.07, 6.45) is 11.6. The van der Waals surface area contributed by atoms with E-state index in [9.17, 15) is 4.79 Å². The average Bonchev–Trinajstić information content (AvgIpc) is 3.22. The van der Waals surface area contributed by atoms with Crippen molar-refractivity contribution in [1.82, 2.24) is 4.98 Å². The lowest BCUT2D eigenvalue weighted by atomic mass is 10.1. The van der Waals surface area contributed by atoms with Crippen molar-refractivity contribution >= 4 is 28.1 Å². The zero-order chi connectivity index (χ0) is 19.6. The van der Waals surface area contributed by atoms with Crippen LogP contribution in [-0.4, -0.2) is 24.0 Å². The first-order chi connectivity index (χ1) is 13.8. The van der Waals surface area contributed by atoms with E-state index in [0.717, 1.165) is 48.0 Å². The van der Waals surface area contributed by atoms with Crippen LogP contribution in [0.2, 0.25) is 0 Å². The number of carbonyl (C=O) groups excluding carboxylic acids is 1. The van der Waals surface area contributed by atoms with Gasteiger partial charge >= 0.3 is 0 Å². The lowest BCUT2D eigenvalue weighted by Gasteiger charge is -2.25. The van der Waals surface area contributed by atoms with Crippen LogP contribution in [0.1, 0.15) is 71.1 Å². The van der Waals surface area contributed by atoms with Crippen molar-refractivity contribution in [3.8, 4) is 11.3 Å². The molecule has 1 aromatic carbocycles. The fourth-order valence-electron chi connectivity index (χ4n) is 3.67. The molecule has 0 spiro atoms. The zero-order valence-electron chi connectivity index (χ0n) is 17.1. The zero-order valence-corrected chi connectivity index (χ0v) is 17.9. The molecule has 1 aliphatic rings. The molecule has 4 nitrogen and oxygen atoms in total. The van der Waals surface area contributed by atoms with Crippen molar-refractivity contribution in [3.05, 3.63) is 29.6 Å². The summed E-state index contributed by atoms with van der Waals surface area (Å²) in [7, 11) is 0. The Hall–Kier alpha value is -1.88. The highest BCUT2D eigenvalue weighted by atomic mass is 32.1. The van der Waals surface area contributed by atoms with Crippen LogP contribution in [-0.2, 0) is 4.79 Å². The molecule has 0 saturated carbocycles. The van der Waals surface area contributed by atoms with Gasteiger partial charge in [0.05, 0.1) is 5.69 Å². The molecule has 1 aliphatic heterocycles. The minimum atomic E-state index is 0.111. The van der Waals surface area contributed by atoms with Crippen LogP contribution in [0.4, 0.5) is 10.8 Å². The molecule has 1 fully saturated rings. The van der Waals surface area contributed by atoms with Crippen LogP contribution in [0.5, 0.6) is 0 Å². The van der Waals surface area contributed by atoms with E-state index in [1.54, 1.807) is 11.3 Å². The van der Waals surface area contributed by atoms with Gasteiger partial charge in [0.15, 0.2) is 5.13 Å². The fraction of sp³-hybridized carbons (Fsp3) is 0.565. The molecule has 0 unspecified atom stereocenters. The van der Waals surface area contributed by atoms with Crippen LogP contribution in [0.15, 0.2) is 29.6 Å². The van der Waals surface area contributed by atoms with E-state index in [0.29, 0.717) is 6.42 Å². The molecule has 0 bridgehead atoms. The smallest absolute Gasteiger partial charge is 0.224 e. The summed E-state index contributed by atoms with van der Waals surface area (Å²) >= 11 is 1.72. The lowest BCUT2D eigenvalue weighted by molar-refractivity contribution is -0.116. The first kappa shape index (κ1) is 20.8. The number of anilines is 2. The van der Waals surface area contributed by atoms with Gasteiger partial charge in [-0.25, -0.2) is 4.98 Å². The number of carbonyl (C=O) groups is 1. The molecule has 152 valence electrons. The highest BCUT2D eigenvalue weighted by molar-refractivity contribution is 7.14. The number of hydrogen-bond donors (Lipinski definition) is 1. The van der Waals surface area contributed by atoms with E-state index >= 15 is 0 Å². The maximum absolute atomic E-state index is 12.2. The monoisotopic (exact) mass is 399 g/mol. The third-order valence-electron chi connectivity index (χ3n) is 5.32. The maximum atomic E-state index is 12.2. The van der Waals surface area contributed by atoms with Crippen LogP contribution in [0, 0.1) is 0 Å². The largest absolute Gasteiger partial charge is 0.348 e. The third kappa shape index (κ3) is 6.33. The number of rotatable bonds is 10. The molecule has 0 atom stereocenters. The Bertz CT molecular complexity index is 737. The van der Waals surface area contributed by atoms with E-state index in [2.05, 4.69) is 28.6 Å². The summed E-state index contributed by atoms with van der Waals surface area (Å²) in [5.74, 6) is 0.111. The van der Waals surface area contributed by atoms with E-state index in [4.69, 9.17) is 4.98 Å². The Morgan fingerprint density at radius 1 is 1.11 bits per heavy atom. The molecule has 1 saturated heterocycles. The number of aromatic nitrogens is 1. The van der Waals surface area contributed by atoms with Crippen LogP contribution < -0.4 is 10.2 Å².